The van der Waals surface area contributed by atoms with E-state index in [0.29, 0.717) is 0 Å². The average molecular weight is 116 g/mol. The van der Waals surface area contributed by atoms with Crippen LogP contribution in [0.4, 0.5) is 0 Å². The van der Waals surface area contributed by atoms with Crippen molar-refractivity contribution in [2.24, 2.45) is 11.5 Å². The van der Waals surface area contributed by atoms with Crippen LogP contribution in [0, 0.1) is 0 Å². The van der Waals surface area contributed by atoms with Gasteiger partial charge in [-0.2, -0.15) is 0 Å². The first-order valence-corrected chi connectivity index (χ1v) is 2.77. The van der Waals surface area contributed by atoms with Gasteiger partial charge >= 0.3 is 0 Å². The third kappa shape index (κ3) is 17.8. The van der Waals surface area contributed by atoms with E-state index in [0.717, 1.165) is 12.1 Å². The van der Waals surface area contributed by atoms with Crippen LogP contribution in [0.2, 0.25) is 0 Å². The summed E-state index contributed by atoms with van der Waals surface area (Å²) >= 11 is 0. The van der Waals surface area contributed by atoms with Gasteiger partial charge in [-0.3, -0.25) is 0 Å². The summed E-state index contributed by atoms with van der Waals surface area (Å²) in [5.74, 6) is 0. The molecule has 0 saturated carbocycles. The van der Waals surface area contributed by atoms with Gasteiger partial charge in [-0.25, -0.2) is 0 Å². The Kier molecular flexibility index (Phi) is 12.7. The summed E-state index contributed by atoms with van der Waals surface area (Å²) in [6, 6.07) is 0. The Morgan fingerprint density at radius 2 is 1.88 bits per heavy atom. The maximum atomic E-state index is 5.26. The number of rotatable bonds is 1. The molecule has 0 spiro atoms. The number of nitrogens with two attached hydrogens (primary N) is 2. The lowest BCUT2D eigenvalue weighted by molar-refractivity contribution is 1.16. The van der Waals surface area contributed by atoms with Gasteiger partial charge < -0.3 is 11.5 Å². The van der Waals surface area contributed by atoms with Gasteiger partial charge in [0.2, 0.25) is 0 Å². The summed E-state index contributed by atoms with van der Waals surface area (Å²) in [7, 11) is 1.50. The fraction of sp³-hybridized carbons (Fsp3) is 0.667. The Morgan fingerprint density at radius 1 is 1.50 bits per heavy atom. The minimum absolute atomic E-state index is 0.914. The highest BCUT2D eigenvalue weighted by Gasteiger charge is 1.67. The van der Waals surface area contributed by atoms with Crippen LogP contribution in [-0.2, 0) is 0 Å². The summed E-state index contributed by atoms with van der Waals surface area (Å²) < 4.78 is 0. The largest absolute Gasteiger partial charge is 0.403 e. The molecular weight excluding hydrogens is 100 g/mol. The molecular formula is C6H16N2. The van der Waals surface area contributed by atoms with Gasteiger partial charge in [0.15, 0.2) is 0 Å². The first kappa shape index (κ1) is 10.5. The van der Waals surface area contributed by atoms with E-state index in [9.17, 15) is 0 Å². The molecule has 0 fully saturated rings. The second kappa shape index (κ2) is 9.71. The predicted octanol–water partition coefficient (Wildman–Crippen LogP) is 0.834. The highest BCUT2D eigenvalue weighted by Crippen LogP contribution is 1.81. The van der Waals surface area contributed by atoms with Crippen molar-refractivity contribution in [2.45, 2.75) is 20.3 Å². The Bertz CT molecular complexity index is 53.5. The minimum atomic E-state index is 0.914. The Balaban J connectivity index is 0. The van der Waals surface area contributed by atoms with Crippen molar-refractivity contribution in [3.8, 4) is 0 Å². The summed E-state index contributed by atoms with van der Waals surface area (Å²) in [4.78, 5) is 0. The van der Waals surface area contributed by atoms with Crippen LogP contribution in [0.15, 0.2) is 11.8 Å². The molecule has 0 heterocycles. The van der Waals surface area contributed by atoms with Crippen molar-refractivity contribution in [1.29, 1.82) is 0 Å². The smallest absolute Gasteiger partial charge is 0.000822 e. The van der Waals surface area contributed by atoms with Gasteiger partial charge in [0, 0.05) is 5.70 Å². The molecule has 4 N–H and O–H groups in total. The van der Waals surface area contributed by atoms with Gasteiger partial charge in [0.1, 0.15) is 0 Å². The molecule has 2 heteroatoms. The molecule has 0 saturated heterocycles. The topological polar surface area (TPSA) is 52.0 Å². The molecule has 2 nitrogen and oxygen atoms in total. The van der Waals surface area contributed by atoms with Gasteiger partial charge in [0.05, 0.1) is 0 Å². The highest BCUT2D eigenvalue weighted by atomic mass is 14.5. The van der Waals surface area contributed by atoms with E-state index in [1.807, 2.05) is 13.0 Å². The second-order valence-corrected chi connectivity index (χ2v) is 1.36. The quantitative estimate of drug-likeness (QED) is 0.533. The zero-order valence-corrected chi connectivity index (χ0v) is 5.94. The lowest BCUT2D eigenvalue weighted by Gasteiger charge is -1.81. The zero-order chi connectivity index (χ0) is 6.99. The lowest BCUT2D eigenvalue weighted by atomic mass is 10.4. The lowest BCUT2D eigenvalue weighted by Crippen LogP contribution is -1.87. The number of hydrogen-bond donors (Lipinski definition) is 2. The van der Waals surface area contributed by atoms with Crippen molar-refractivity contribution in [3.05, 3.63) is 11.8 Å². The van der Waals surface area contributed by atoms with Gasteiger partial charge in [0.25, 0.3) is 0 Å². The SMILES string of the molecule is CC/C=C(/C)N.CN. The fourth-order valence-corrected chi connectivity index (χ4v) is 0.322. The first-order chi connectivity index (χ1) is 3.77. The first-order valence-electron chi connectivity index (χ1n) is 2.77. The molecule has 0 rings (SSSR count). The van der Waals surface area contributed by atoms with Crippen LogP contribution in [0.5, 0.6) is 0 Å². The van der Waals surface area contributed by atoms with Crippen LogP contribution in [0.3, 0.4) is 0 Å². The Hall–Kier alpha value is -0.500. The van der Waals surface area contributed by atoms with Crippen LogP contribution in [0.25, 0.3) is 0 Å². The Labute approximate surface area is 51.6 Å². The summed E-state index contributed by atoms with van der Waals surface area (Å²) in [5.41, 5.74) is 10.7. The van der Waals surface area contributed by atoms with E-state index in [2.05, 4.69) is 12.7 Å². The molecule has 0 amide bonds. The third-order valence-corrected chi connectivity index (χ3v) is 0.526. The molecule has 0 aromatic carbocycles. The van der Waals surface area contributed by atoms with Crippen molar-refractivity contribution in [1.82, 2.24) is 0 Å². The van der Waals surface area contributed by atoms with E-state index < -0.39 is 0 Å². The summed E-state index contributed by atoms with van der Waals surface area (Å²) in [6.45, 7) is 3.96. The van der Waals surface area contributed by atoms with Crippen LogP contribution >= 0.6 is 0 Å². The standard InChI is InChI=1S/C5H11N.CH5N/c1-3-4-5(2)6;1-2/h4H,3,6H2,1-2H3;2H2,1H3/b5-4-;. The fourth-order valence-electron chi connectivity index (χ4n) is 0.322. The maximum absolute atomic E-state index is 5.26. The minimum Gasteiger partial charge on any atom is -0.403 e. The van der Waals surface area contributed by atoms with Crippen LogP contribution in [-0.4, -0.2) is 7.05 Å². The molecule has 0 aromatic rings. The second-order valence-electron chi connectivity index (χ2n) is 1.36. The molecule has 8 heavy (non-hydrogen) atoms. The van der Waals surface area contributed by atoms with Crippen molar-refractivity contribution >= 4 is 0 Å². The molecule has 0 bridgehead atoms. The normalized spacial score (nSPS) is 9.75. The van der Waals surface area contributed by atoms with E-state index in [4.69, 9.17) is 5.73 Å². The van der Waals surface area contributed by atoms with E-state index in [1.54, 1.807) is 0 Å². The van der Waals surface area contributed by atoms with Gasteiger partial charge in [-0.05, 0) is 20.4 Å². The van der Waals surface area contributed by atoms with Crippen molar-refractivity contribution < 1.29 is 0 Å². The Morgan fingerprint density at radius 3 is 1.88 bits per heavy atom. The molecule has 0 aromatic heterocycles. The van der Waals surface area contributed by atoms with E-state index in [1.165, 1.54) is 7.05 Å². The predicted molar refractivity (Wildman–Crippen MR) is 38.3 cm³/mol. The van der Waals surface area contributed by atoms with Crippen molar-refractivity contribution in [3.63, 3.8) is 0 Å². The molecule has 0 unspecified atom stereocenters. The molecule has 0 atom stereocenters. The van der Waals surface area contributed by atoms with E-state index in [-0.39, 0.29) is 0 Å². The van der Waals surface area contributed by atoms with Crippen LogP contribution < -0.4 is 11.5 Å². The molecule has 0 aliphatic rings. The maximum Gasteiger partial charge on any atom is 0.000822 e. The average Bonchev–Trinajstić information content (AvgIpc) is 1.72. The highest BCUT2D eigenvalue weighted by molar-refractivity contribution is 4.89. The zero-order valence-electron chi connectivity index (χ0n) is 5.94. The van der Waals surface area contributed by atoms with Crippen LogP contribution in [0.1, 0.15) is 20.3 Å². The molecule has 0 aliphatic heterocycles. The molecule has 0 radical (unpaired) electrons. The van der Waals surface area contributed by atoms with Gasteiger partial charge in [-0.15, -0.1) is 0 Å². The number of allylic oxidation sites excluding steroid dienone is 2. The monoisotopic (exact) mass is 116 g/mol. The molecule has 50 valence electrons. The number of hydrogen-bond acceptors (Lipinski definition) is 2. The third-order valence-electron chi connectivity index (χ3n) is 0.526. The summed E-state index contributed by atoms with van der Waals surface area (Å²) in [5, 5.41) is 0. The van der Waals surface area contributed by atoms with Gasteiger partial charge in [-0.1, -0.05) is 13.0 Å². The molecule has 0 aliphatic carbocycles. The van der Waals surface area contributed by atoms with Crippen molar-refractivity contribution in [2.75, 3.05) is 7.05 Å². The summed E-state index contributed by atoms with van der Waals surface area (Å²) in [6.07, 6.45) is 3.03. The van der Waals surface area contributed by atoms with E-state index >= 15 is 0 Å².